The highest BCUT2D eigenvalue weighted by molar-refractivity contribution is 5.64. The van der Waals surface area contributed by atoms with Gasteiger partial charge in [-0.05, 0) is 37.8 Å². The van der Waals surface area contributed by atoms with Gasteiger partial charge in [0.05, 0.1) is 13.2 Å². The smallest absolute Gasteiger partial charge is 0.421 e. The van der Waals surface area contributed by atoms with E-state index in [0.29, 0.717) is 11.4 Å². The molecule has 1 saturated carbocycles. The second-order valence-corrected chi connectivity index (χ2v) is 6.17. The number of halogens is 3. The Morgan fingerprint density at radius 3 is 2.58 bits per heavy atom. The zero-order valence-corrected chi connectivity index (χ0v) is 14.6. The van der Waals surface area contributed by atoms with E-state index in [9.17, 15) is 13.2 Å². The molecule has 1 aromatic carbocycles. The van der Waals surface area contributed by atoms with Crippen LogP contribution in [-0.2, 0) is 6.18 Å². The van der Waals surface area contributed by atoms with Crippen LogP contribution in [0.2, 0.25) is 0 Å². The van der Waals surface area contributed by atoms with Crippen molar-refractivity contribution < 1.29 is 22.6 Å². The van der Waals surface area contributed by atoms with Crippen LogP contribution in [0.3, 0.4) is 0 Å². The highest BCUT2D eigenvalue weighted by atomic mass is 19.4. The maximum atomic E-state index is 13.3. The van der Waals surface area contributed by atoms with Crippen LogP contribution in [0.1, 0.15) is 31.2 Å². The molecule has 1 aromatic heterocycles. The number of anilines is 2. The number of hydrogen-bond donors (Lipinski definition) is 0. The third-order valence-electron chi connectivity index (χ3n) is 4.36. The van der Waals surface area contributed by atoms with E-state index in [1.165, 1.54) is 19.1 Å². The second-order valence-electron chi connectivity index (χ2n) is 6.17. The maximum Gasteiger partial charge on any atom is 0.421 e. The number of aromatic nitrogens is 2. The summed E-state index contributed by atoms with van der Waals surface area (Å²) in [7, 11) is 2.83. The molecule has 1 heterocycles. The lowest BCUT2D eigenvalue weighted by Gasteiger charge is -2.23. The largest absolute Gasteiger partial charge is 0.490 e. The van der Waals surface area contributed by atoms with Gasteiger partial charge in [-0.1, -0.05) is 6.07 Å². The van der Waals surface area contributed by atoms with Gasteiger partial charge >= 0.3 is 12.2 Å². The van der Waals surface area contributed by atoms with E-state index in [1.54, 1.807) is 24.3 Å². The fraction of sp³-hybridized carbons (Fsp3) is 0.444. The van der Waals surface area contributed by atoms with Crippen LogP contribution in [0.15, 0.2) is 30.5 Å². The minimum Gasteiger partial charge on any atom is -0.490 e. The van der Waals surface area contributed by atoms with Gasteiger partial charge in [0.15, 0.2) is 5.82 Å². The Hall–Kier alpha value is -2.51. The van der Waals surface area contributed by atoms with Gasteiger partial charge < -0.3 is 14.4 Å². The third-order valence-corrected chi connectivity index (χ3v) is 4.36. The summed E-state index contributed by atoms with van der Waals surface area (Å²) in [5.74, 6) is 0.359. The molecule has 3 rings (SSSR count). The highest BCUT2D eigenvalue weighted by Crippen LogP contribution is 2.38. The topological polar surface area (TPSA) is 47.5 Å². The summed E-state index contributed by atoms with van der Waals surface area (Å²) in [5.41, 5.74) is -0.394. The molecule has 0 N–H and O–H groups in total. The molecule has 140 valence electrons. The van der Waals surface area contributed by atoms with Crippen molar-refractivity contribution in [2.24, 2.45) is 0 Å². The SMILES string of the molecule is COc1ncc(C(F)(F)F)c(N(C)c2cccc(OC3CCCC3)c2)n1. The molecule has 0 saturated heterocycles. The average molecular weight is 367 g/mol. The van der Waals surface area contributed by atoms with E-state index >= 15 is 0 Å². The highest BCUT2D eigenvalue weighted by Gasteiger charge is 2.36. The lowest BCUT2D eigenvalue weighted by atomic mass is 10.2. The van der Waals surface area contributed by atoms with Gasteiger partial charge in [-0.15, -0.1) is 0 Å². The Kier molecular flexibility index (Phi) is 5.20. The summed E-state index contributed by atoms with van der Waals surface area (Å²) in [5, 5.41) is 0. The lowest BCUT2D eigenvalue weighted by molar-refractivity contribution is -0.137. The van der Waals surface area contributed by atoms with Gasteiger partial charge in [-0.2, -0.15) is 18.2 Å². The third kappa shape index (κ3) is 4.00. The Bertz CT molecular complexity index is 762. The number of ether oxygens (including phenoxy) is 2. The molecule has 8 heteroatoms. The van der Waals surface area contributed by atoms with Gasteiger partial charge in [-0.3, -0.25) is 0 Å². The van der Waals surface area contributed by atoms with Crippen molar-refractivity contribution in [3.05, 3.63) is 36.0 Å². The van der Waals surface area contributed by atoms with E-state index in [0.717, 1.165) is 31.9 Å². The van der Waals surface area contributed by atoms with Crippen molar-refractivity contribution in [3.63, 3.8) is 0 Å². The molecule has 1 aliphatic carbocycles. The molecule has 26 heavy (non-hydrogen) atoms. The lowest BCUT2D eigenvalue weighted by Crippen LogP contribution is -2.19. The predicted octanol–water partition coefficient (Wildman–Crippen LogP) is 4.59. The first-order chi connectivity index (χ1) is 12.4. The summed E-state index contributed by atoms with van der Waals surface area (Å²) in [6.07, 6.45) is 0.605. The predicted molar refractivity (Wildman–Crippen MR) is 91.0 cm³/mol. The van der Waals surface area contributed by atoms with Gasteiger partial charge in [0.2, 0.25) is 0 Å². The van der Waals surface area contributed by atoms with Crippen molar-refractivity contribution in [1.29, 1.82) is 0 Å². The first-order valence-corrected chi connectivity index (χ1v) is 8.37. The molecule has 0 aliphatic heterocycles. The van der Waals surface area contributed by atoms with E-state index in [1.807, 2.05) is 0 Å². The minimum absolute atomic E-state index is 0.127. The summed E-state index contributed by atoms with van der Waals surface area (Å²) in [6, 6.07) is 6.85. The number of rotatable bonds is 5. The molecular weight excluding hydrogens is 347 g/mol. The van der Waals surface area contributed by atoms with Crippen LogP contribution in [-0.4, -0.2) is 30.2 Å². The van der Waals surface area contributed by atoms with Crippen molar-refractivity contribution in [2.75, 3.05) is 19.1 Å². The van der Waals surface area contributed by atoms with E-state index in [-0.39, 0.29) is 17.9 Å². The van der Waals surface area contributed by atoms with Crippen LogP contribution in [0.5, 0.6) is 11.8 Å². The van der Waals surface area contributed by atoms with E-state index < -0.39 is 11.7 Å². The number of hydrogen-bond acceptors (Lipinski definition) is 5. The Labute approximate surface area is 149 Å². The van der Waals surface area contributed by atoms with Gasteiger partial charge in [-0.25, -0.2) is 4.98 Å². The Morgan fingerprint density at radius 1 is 1.19 bits per heavy atom. The molecule has 2 aromatic rings. The Balaban J connectivity index is 1.92. The fourth-order valence-electron chi connectivity index (χ4n) is 3.00. The maximum absolute atomic E-state index is 13.3. The number of benzene rings is 1. The summed E-state index contributed by atoms with van der Waals surface area (Å²) < 4.78 is 50.8. The molecule has 0 bridgehead atoms. The van der Waals surface area contributed by atoms with Crippen LogP contribution < -0.4 is 14.4 Å². The summed E-state index contributed by atoms with van der Waals surface area (Å²) >= 11 is 0. The second kappa shape index (κ2) is 7.39. The van der Waals surface area contributed by atoms with Crippen molar-refractivity contribution in [1.82, 2.24) is 9.97 Å². The van der Waals surface area contributed by atoms with Crippen molar-refractivity contribution >= 4 is 11.5 Å². The molecular formula is C18H20F3N3O2. The fourth-order valence-corrected chi connectivity index (χ4v) is 3.00. The monoisotopic (exact) mass is 367 g/mol. The van der Waals surface area contributed by atoms with Gasteiger partial charge in [0, 0.05) is 25.0 Å². The average Bonchev–Trinajstić information content (AvgIpc) is 3.13. The molecule has 5 nitrogen and oxygen atoms in total. The minimum atomic E-state index is -4.58. The first-order valence-electron chi connectivity index (χ1n) is 8.37. The Morgan fingerprint density at radius 2 is 1.92 bits per heavy atom. The standard InChI is InChI=1S/C18H20F3N3O2/c1-24(16-15(18(19,20)21)11-22-17(23-16)25-2)12-6-5-9-14(10-12)26-13-7-3-4-8-13/h5-6,9-11,13H,3-4,7-8H2,1-2H3. The van der Waals surface area contributed by atoms with Gasteiger partial charge in [0.25, 0.3) is 0 Å². The molecule has 0 radical (unpaired) electrons. The van der Waals surface area contributed by atoms with Crippen LogP contribution in [0.25, 0.3) is 0 Å². The zero-order valence-electron chi connectivity index (χ0n) is 14.6. The number of methoxy groups -OCH3 is 1. The number of nitrogens with zero attached hydrogens (tertiary/aromatic N) is 3. The molecule has 0 spiro atoms. The van der Waals surface area contributed by atoms with Gasteiger partial charge in [0.1, 0.15) is 11.3 Å². The van der Waals surface area contributed by atoms with Crippen LogP contribution in [0.4, 0.5) is 24.7 Å². The normalized spacial score (nSPS) is 15.1. The molecule has 1 fully saturated rings. The quantitative estimate of drug-likeness (QED) is 0.773. The first kappa shape index (κ1) is 18.3. The molecule has 0 unspecified atom stereocenters. The number of alkyl halides is 3. The summed E-state index contributed by atoms with van der Waals surface area (Å²) in [4.78, 5) is 8.84. The van der Waals surface area contributed by atoms with E-state index in [2.05, 4.69) is 9.97 Å². The molecule has 0 atom stereocenters. The van der Waals surface area contributed by atoms with Crippen molar-refractivity contribution in [3.8, 4) is 11.8 Å². The van der Waals surface area contributed by atoms with Crippen molar-refractivity contribution in [2.45, 2.75) is 38.0 Å². The summed E-state index contributed by atoms with van der Waals surface area (Å²) in [6.45, 7) is 0. The molecule has 0 amide bonds. The zero-order chi connectivity index (χ0) is 18.7. The van der Waals surface area contributed by atoms with Crippen LogP contribution in [0, 0.1) is 0 Å². The van der Waals surface area contributed by atoms with Crippen LogP contribution >= 0.6 is 0 Å². The van der Waals surface area contributed by atoms with E-state index in [4.69, 9.17) is 9.47 Å². The molecule has 1 aliphatic rings.